The highest BCUT2D eigenvalue weighted by molar-refractivity contribution is 5.93. The Hall–Kier alpha value is -1.63. The minimum atomic E-state index is -4.35. The molecule has 1 amide bonds. The lowest BCUT2D eigenvalue weighted by Gasteiger charge is -2.32. The molecular weight excluding hydrogens is 333 g/mol. The molecule has 0 aliphatic heterocycles. The summed E-state index contributed by atoms with van der Waals surface area (Å²) in [5.74, 6) is -2.77. The number of carbonyl (C=O) groups excluding carboxylic acids is 1. The molecule has 0 saturated heterocycles. The lowest BCUT2D eigenvalue weighted by Crippen LogP contribution is -2.39. The number of nitrogens with one attached hydrogen (secondary N) is 1. The van der Waals surface area contributed by atoms with Crippen LogP contribution in [0.3, 0.4) is 0 Å². The number of ether oxygens (including phenoxy) is 1. The number of rotatable bonds is 3. The number of halogens is 4. The van der Waals surface area contributed by atoms with Crippen LogP contribution in [0.15, 0.2) is 18.2 Å². The molecule has 130 valence electrons. The Bertz CT molecular complexity index is 552. The predicted octanol–water partition coefficient (Wildman–Crippen LogP) is 4.01. The average molecular weight is 353 g/mol. The number of anilines is 2. The van der Waals surface area contributed by atoms with E-state index in [0.717, 1.165) is 0 Å². The molecule has 0 bridgehead atoms. The van der Waals surface area contributed by atoms with E-state index in [0.29, 0.717) is 30.0 Å². The molecule has 0 spiro atoms. The summed E-state index contributed by atoms with van der Waals surface area (Å²) < 4.78 is 44.1. The van der Waals surface area contributed by atoms with Crippen LogP contribution < -0.4 is 15.8 Å². The van der Waals surface area contributed by atoms with Gasteiger partial charge in [-0.15, -0.1) is 12.4 Å². The van der Waals surface area contributed by atoms with E-state index in [2.05, 4.69) is 5.32 Å². The van der Waals surface area contributed by atoms with Crippen molar-refractivity contribution in [1.29, 1.82) is 0 Å². The van der Waals surface area contributed by atoms with E-state index in [1.165, 1.54) is 13.2 Å². The minimum Gasteiger partial charge on any atom is -0.495 e. The van der Waals surface area contributed by atoms with Crippen molar-refractivity contribution in [3.8, 4) is 5.75 Å². The average Bonchev–Trinajstić information content (AvgIpc) is 2.46. The van der Waals surface area contributed by atoms with Crippen molar-refractivity contribution in [1.82, 2.24) is 0 Å². The molecule has 23 heavy (non-hydrogen) atoms. The van der Waals surface area contributed by atoms with Crippen molar-refractivity contribution in [3.05, 3.63) is 18.2 Å². The molecule has 2 atom stereocenters. The number of carbonyl (C=O) groups is 1. The largest absolute Gasteiger partial charge is 0.495 e. The van der Waals surface area contributed by atoms with Crippen LogP contribution >= 0.6 is 12.4 Å². The van der Waals surface area contributed by atoms with Gasteiger partial charge in [0.25, 0.3) is 0 Å². The summed E-state index contributed by atoms with van der Waals surface area (Å²) in [5, 5.41) is 2.53. The van der Waals surface area contributed by atoms with Crippen molar-refractivity contribution in [2.75, 3.05) is 18.2 Å². The van der Waals surface area contributed by atoms with Gasteiger partial charge in [0, 0.05) is 11.6 Å². The van der Waals surface area contributed by atoms with Crippen LogP contribution in [-0.2, 0) is 4.79 Å². The third kappa shape index (κ3) is 4.67. The van der Waals surface area contributed by atoms with Gasteiger partial charge in [-0.1, -0.05) is 12.8 Å². The number of alkyl halides is 3. The Balaban J connectivity index is 0.00000264. The van der Waals surface area contributed by atoms with E-state index in [4.69, 9.17) is 10.5 Å². The van der Waals surface area contributed by atoms with Gasteiger partial charge in [0.2, 0.25) is 5.91 Å². The number of benzene rings is 1. The number of hydrogen-bond acceptors (Lipinski definition) is 3. The minimum absolute atomic E-state index is 0. The first-order chi connectivity index (χ1) is 10.3. The zero-order chi connectivity index (χ0) is 16.3. The lowest BCUT2D eigenvalue weighted by molar-refractivity contribution is -0.197. The van der Waals surface area contributed by atoms with Crippen molar-refractivity contribution >= 4 is 29.7 Å². The Kier molecular flexibility index (Phi) is 6.56. The SMILES string of the molecule is COc1ccc(NC(=O)C2CCCCC2C(F)(F)F)cc1N.Cl. The Labute approximate surface area is 139 Å². The molecule has 1 aliphatic carbocycles. The van der Waals surface area contributed by atoms with E-state index in [1.807, 2.05) is 0 Å². The normalized spacial score (nSPS) is 21.2. The highest BCUT2D eigenvalue weighted by Crippen LogP contribution is 2.42. The van der Waals surface area contributed by atoms with Crippen molar-refractivity contribution in [3.63, 3.8) is 0 Å². The van der Waals surface area contributed by atoms with Crippen LogP contribution in [0.1, 0.15) is 25.7 Å². The van der Waals surface area contributed by atoms with Gasteiger partial charge in [0.1, 0.15) is 5.75 Å². The summed E-state index contributed by atoms with van der Waals surface area (Å²) in [6, 6.07) is 4.59. The number of amides is 1. The van der Waals surface area contributed by atoms with Crippen LogP contribution in [0.4, 0.5) is 24.5 Å². The topological polar surface area (TPSA) is 64.3 Å². The molecule has 8 heteroatoms. The van der Waals surface area contributed by atoms with Crippen molar-refractivity contribution in [2.45, 2.75) is 31.9 Å². The van der Waals surface area contributed by atoms with E-state index in [1.54, 1.807) is 12.1 Å². The molecule has 3 N–H and O–H groups in total. The van der Waals surface area contributed by atoms with Crippen LogP contribution in [0.25, 0.3) is 0 Å². The molecule has 1 saturated carbocycles. The first-order valence-corrected chi connectivity index (χ1v) is 7.14. The molecule has 0 radical (unpaired) electrons. The fourth-order valence-corrected chi connectivity index (χ4v) is 2.88. The maximum absolute atomic E-state index is 13.0. The summed E-state index contributed by atoms with van der Waals surface area (Å²) in [5.41, 5.74) is 6.41. The smallest absolute Gasteiger partial charge is 0.392 e. The first kappa shape index (κ1) is 19.4. The molecule has 0 aromatic heterocycles. The first-order valence-electron chi connectivity index (χ1n) is 7.14. The molecule has 1 fully saturated rings. The van der Waals surface area contributed by atoms with E-state index in [9.17, 15) is 18.0 Å². The summed E-state index contributed by atoms with van der Waals surface area (Å²) in [4.78, 5) is 12.2. The van der Waals surface area contributed by atoms with E-state index < -0.39 is 23.9 Å². The van der Waals surface area contributed by atoms with Gasteiger partial charge < -0.3 is 15.8 Å². The molecule has 0 heterocycles. The van der Waals surface area contributed by atoms with Crippen LogP contribution in [-0.4, -0.2) is 19.2 Å². The zero-order valence-corrected chi connectivity index (χ0v) is 13.5. The highest BCUT2D eigenvalue weighted by Gasteiger charge is 2.48. The third-order valence-corrected chi connectivity index (χ3v) is 4.02. The second kappa shape index (κ2) is 7.77. The lowest BCUT2D eigenvalue weighted by atomic mass is 9.78. The Morgan fingerprint density at radius 3 is 2.52 bits per heavy atom. The number of nitrogen functional groups attached to an aromatic ring is 1. The van der Waals surface area contributed by atoms with Gasteiger partial charge in [-0.25, -0.2) is 0 Å². The van der Waals surface area contributed by atoms with Gasteiger partial charge in [-0.2, -0.15) is 13.2 Å². The number of nitrogens with two attached hydrogens (primary N) is 1. The van der Waals surface area contributed by atoms with Gasteiger partial charge in [0.05, 0.1) is 18.7 Å². The molecular formula is C15H20ClF3N2O2. The predicted molar refractivity (Wildman–Crippen MR) is 84.8 cm³/mol. The maximum Gasteiger partial charge on any atom is 0.392 e. The zero-order valence-electron chi connectivity index (χ0n) is 12.7. The Morgan fingerprint density at radius 1 is 1.30 bits per heavy atom. The molecule has 2 unspecified atom stereocenters. The molecule has 1 aromatic rings. The summed E-state index contributed by atoms with van der Waals surface area (Å²) in [6.07, 6.45) is -2.95. The monoisotopic (exact) mass is 352 g/mol. The fraction of sp³-hybridized carbons (Fsp3) is 0.533. The van der Waals surface area contributed by atoms with Crippen LogP contribution in [0.2, 0.25) is 0 Å². The summed E-state index contributed by atoms with van der Waals surface area (Å²) >= 11 is 0. The van der Waals surface area contributed by atoms with Gasteiger partial charge >= 0.3 is 6.18 Å². The van der Waals surface area contributed by atoms with Gasteiger partial charge in [0.15, 0.2) is 0 Å². The molecule has 1 aromatic carbocycles. The van der Waals surface area contributed by atoms with E-state index in [-0.39, 0.29) is 25.2 Å². The molecule has 2 rings (SSSR count). The molecule has 1 aliphatic rings. The number of hydrogen-bond donors (Lipinski definition) is 2. The summed E-state index contributed by atoms with van der Waals surface area (Å²) in [7, 11) is 1.46. The van der Waals surface area contributed by atoms with Gasteiger partial charge in [-0.05, 0) is 31.0 Å². The standard InChI is InChI=1S/C15H19F3N2O2.ClH/c1-22-13-7-6-9(8-12(13)19)20-14(21)10-4-2-3-5-11(10)15(16,17)18;/h6-8,10-11H,2-5,19H2,1H3,(H,20,21);1H. The van der Waals surface area contributed by atoms with Crippen LogP contribution in [0.5, 0.6) is 5.75 Å². The number of methoxy groups -OCH3 is 1. The van der Waals surface area contributed by atoms with Crippen LogP contribution in [0, 0.1) is 11.8 Å². The quantitative estimate of drug-likeness (QED) is 0.808. The second-order valence-electron chi connectivity index (χ2n) is 5.49. The van der Waals surface area contributed by atoms with Gasteiger partial charge in [-0.3, -0.25) is 4.79 Å². The Morgan fingerprint density at radius 2 is 1.96 bits per heavy atom. The van der Waals surface area contributed by atoms with Crippen molar-refractivity contribution < 1.29 is 22.7 Å². The van der Waals surface area contributed by atoms with Crippen molar-refractivity contribution in [2.24, 2.45) is 11.8 Å². The third-order valence-electron chi connectivity index (χ3n) is 4.02. The van der Waals surface area contributed by atoms with E-state index >= 15 is 0 Å². The summed E-state index contributed by atoms with van der Waals surface area (Å²) in [6.45, 7) is 0. The highest BCUT2D eigenvalue weighted by atomic mass is 35.5. The second-order valence-corrected chi connectivity index (χ2v) is 5.49. The fourth-order valence-electron chi connectivity index (χ4n) is 2.88. The molecule has 4 nitrogen and oxygen atoms in total. The maximum atomic E-state index is 13.0.